The van der Waals surface area contributed by atoms with Crippen molar-refractivity contribution in [3.8, 4) is 0 Å². The number of nitrogens with two attached hydrogens (primary N) is 1. The monoisotopic (exact) mass is 393 g/mol. The fourth-order valence-corrected chi connectivity index (χ4v) is 4.14. The van der Waals surface area contributed by atoms with E-state index in [0.29, 0.717) is 4.70 Å². The Morgan fingerprint density at radius 1 is 1.08 bits per heavy atom. The van der Waals surface area contributed by atoms with Gasteiger partial charge in [-0.3, -0.25) is 4.90 Å². The molecule has 140 valence electrons. The van der Waals surface area contributed by atoms with Crippen LogP contribution in [0.25, 0.3) is 10.1 Å². The number of thiophene rings is 1. The van der Waals surface area contributed by atoms with Crippen molar-refractivity contribution in [3.05, 3.63) is 29.1 Å². The molecule has 3 nitrogen and oxygen atoms in total. The van der Waals surface area contributed by atoms with Crippen molar-refractivity contribution in [2.45, 2.75) is 19.0 Å². The van der Waals surface area contributed by atoms with Crippen LogP contribution in [0.2, 0.25) is 0 Å². The summed E-state index contributed by atoms with van der Waals surface area (Å²) in [5.41, 5.74) is 6.01. The third-order valence-corrected chi connectivity index (χ3v) is 5.46. The lowest BCUT2D eigenvalue weighted by atomic mass is 10.1. The zero-order valence-electron chi connectivity index (χ0n) is 13.9. The van der Waals surface area contributed by atoms with Gasteiger partial charge in [0, 0.05) is 41.6 Å². The first kappa shape index (κ1) is 20.3. The summed E-state index contributed by atoms with van der Waals surface area (Å²) in [5, 5.41) is 2.90. The Hall–Kier alpha value is -1.02. The second-order valence-electron chi connectivity index (χ2n) is 6.15. The van der Waals surface area contributed by atoms with Crippen molar-refractivity contribution in [1.29, 1.82) is 0 Å². The van der Waals surface area contributed by atoms with Gasteiger partial charge in [-0.2, -0.15) is 13.2 Å². The van der Waals surface area contributed by atoms with Crippen molar-refractivity contribution in [3.63, 3.8) is 0 Å². The molecular weight excluding hydrogens is 371 g/mol. The van der Waals surface area contributed by atoms with Gasteiger partial charge >= 0.3 is 6.18 Å². The molecule has 2 N–H and O–H groups in total. The molecule has 0 atom stereocenters. The van der Waals surface area contributed by atoms with Crippen molar-refractivity contribution >= 4 is 39.5 Å². The summed E-state index contributed by atoms with van der Waals surface area (Å²) < 4.78 is 39.2. The molecule has 2 heterocycles. The zero-order valence-corrected chi connectivity index (χ0v) is 15.5. The van der Waals surface area contributed by atoms with Crippen LogP contribution >= 0.6 is 23.7 Å². The maximum absolute atomic E-state index is 12.8. The van der Waals surface area contributed by atoms with E-state index >= 15 is 0 Å². The number of hydrogen-bond acceptors (Lipinski definition) is 4. The largest absolute Gasteiger partial charge is 0.416 e. The van der Waals surface area contributed by atoms with Crippen molar-refractivity contribution in [1.82, 2.24) is 4.90 Å². The quantitative estimate of drug-likeness (QED) is 0.772. The number of rotatable bonds is 5. The molecule has 1 fully saturated rings. The molecule has 1 aromatic carbocycles. The minimum absolute atomic E-state index is 0. The summed E-state index contributed by atoms with van der Waals surface area (Å²) in [4.78, 5) is 4.72. The van der Waals surface area contributed by atoms with Gasteiger partial charge < -0.3 is 10.6 Å². The van der Waals surface area contributed by atoms with Crippen molar-refractivity contribution < 1.29 is 13.2 Å². The lowest BCUT2D eigenvalue weighted by Gasteiger charge is -2.35. The van der Waals surface area contributed by atoms with E-state index < -0.39 is 11.7 Å². The summed E-state index contributed by atoms with van der Waals surface area (Å²) in [5.74, 6) is 0. The maximum Gasteiger partial charge on any atom is 0.416 e. The van der Waals surface area contributed by atoms with Gasteiger partial charge in [-0.15, -0.1) is 23.7 Å². The highest BCUT2D eigenvalue weighted by Crippen LogP contribution is 2.38. The second kappa shape index (κ2) is 8.58. The summed E-state index contributed by atoms with van der Waals surface area (Å²) in [6, 6.07) is 4.05. The molecule has 0 unspecified atom stereocenters. The first-order chi connectivity index (χ1) is 11.5. The van der Waals surface area contributed by atoms with Gasteiger partial charge in [-0.25, -0.2) is 0 Å². The van der Waals surface area contributed by atoms with Crippen LogP contribution in [0.5, 0.6) is 0 Å². The number of piperazine rings is 1. The molecule has 1 aliphatic rings. The summed E-state index contributed by atoms with van der Waals surface area (Å²) >= 11 is 1.39. The van der Waals surface area contributed by atoms with Gasteiger partial charge in [0.15, 0.2) is 0 Å². The number of nitrogens with zero attached hydrogens (tertiary/aromatic N) is 2. The number of halogens is 4. The number of benzene rings is 1. The zero-order chi connectivity index (χ0) is 17.2. The highest BCUT2D eigenvalue weighted by Gasteiger charge is 2.31. The molecule has 0 saturated carbocycles. The number of unbranched alkanes of at least 4 members (excludes halogenated alkanes) is 1. The van der Waals surface area contributed by atoms with E-state index in [1.165, 1.54) is 23.5 Å². The highest BCUT2D eigenvalue weighted by molar-refractivity contribution is 7.17. The van der Waals surface area contributed by atoms with Gasteiger partial charge in [0.2, 0.25) is 0 Å². The number of fused-ring (bicyclic) bond motifs is 1. The SMILES string of the molecule is Cl.NCCCCN1CCN(c2csc3cc(C(F)(F)F)ccc23)CC1. The minimum atomic E-state index is -4.28. The molecule has 2 aromatic rings. The first-order valence-electron chi connectivity index (χ1n) is 8.25. The predicted octanol–water partition coefficient (Wildman–Crippen LogP) is 4.20. The highest BCUT2D eigenvalue weighted by atomic mass is 35.5. The molecule has 0 aliphatic carbocycles. The Kier molecular flexibility index (Phi) is 6.96. The summed E-state index contributed by atoms with van der Waals surface area (Å²) in [7, 11) is 0. The van der Waals surface area contributed by atoms with Crippen LogP contribution in [0, 0.1) is 0 Å². The molecule has 1 saturated heterocycles. The fourth-order valence-electron chi connectivity index (χ4n) is 3.13. The smallest absolute Gasteiger partial charge is 0.368 e. The van der Waals surface area contributed by atoms with Crippen molar-refractivity contribution in [2.24, 2.45) is 5.73 Å². The van der Waals surface area contributed by atoms with E-state index in [1.54, 1.807) is 6.07 Å². The van der Waals surface area contributed by atoms with Gasteiger partial charge in [-0.05, 0) is 38.1 Å². The lowest BCUT2D eigenvalue weighted by molar-refractivity contribution is -0.137. The van der Waals surface area contributed by atoms with Crippen LogP contribution in [0.15, 0.2) is 23.6 Å². The van der Waals surface area contributed by atoms with E-state index in [-0.39, 0.29) is 12.4 Å². The van der Waals surface area contributed by atoms with Crippen LogP contribution in [-0.2, 0) is 6.18 Å². The molecule has 0 bridgehead atoms. The van der Waals surface area contributed by atoms with E-state index in [4.69, 9.17) is 5.73 Å². The maximum atomic E-state index is 12.8. The average Bonchev–Trinajstić information content (AvgIpc) is 2.98. The normalized spacial score (nSPS) is 16.2. The van der Waals surface area contributed by atoms with Crippen LogP contribution in [-0.4, -0.2) is 44.2 Å². The summed E-state index contributed by atoms with van der Waals surface area (Å²) in [6.07, 6.45) is -2.11. The third-order valence-electron chi connectivity index (χ3n) is 4.52. The van der Waals surface area contributed by atoms with E-state index in [2.05, 4.69) is 9.80 Å². The van der Waals surface area contributed by atoms with Crippen LogP contribution in [0.4, 0.5) is 18.9 Å². The Labute approximate surface area is 156 Å². The fraction of sp³-hybridized carbons (Fsp3) is 0.529. The van der Waals surface area contributed by atoms with Gasteiger partial charge in [0.25, 0.3) is 0 Å². The van der Waals surface area contributed by atoms with E-state index in [9.17, 15) is 13.2 Å². The van der Waals surface area contributed by atoms with Gasteiger partial charge in [-0.1, -0.05) is 6.07 Å². The van der Waals surface area contributed by atoms with Crippen molar-refractivity contribution in [2.75, 3.05) is 44.2 Å². The molecular formula is C17H23ClF3N3S. The Morgan fingerprint density at radius 2 is 1.80 bits per heavy atom. The Bertz CT molecular complexity index is 681. The second-order valence-corrected chi connectivity index (χ2v) is 7.07. The molecule has 8 heteroatoms. The number of anilines is 1. The lowest BCUT2D eigenvalue weighted by Crippen LogP contribution is -2.46. The molecule has 0 spiro atoms. The van der Waals surface area contributed by atoms with Gasteiger partial charge in [0.05, 0.1) is 11.3 Å². The molecule has 0 amide bonds. The standard InChI is InChI=1S/C17H22F3N3S.ClH/c18-17(19,20)13-3-4-14-15(12-24-16(14)11-13)23-9-7-22(8-10-23)6-2-1-5-21;/h3-4,11-12H,1-2,5-10,21H2;1H. The number of hydrogen-bond donors (Lipinski definition) is 1. The minimum Gasteiger partial charge on any atom is -0.368 e. The Morgan fingerprint density at radius 3 is 2.44 bits per heavy atom. The number of alkyl halides is 3. The van der Waals surface area contributed by atoms with E-state index in [0.717, 1.165) is 63.2 Å². The van der Waals surface area contributed by atoms with E-state index in [1.807, 2.05) is 5.38 Å². The third kappa shape index (κ3) is 4.78. The topological polar surface area (TPSA) is 32.5 Å². The first-order valence-corrected chi connectivity index (χ1v) is 9.13. The predicted molar refractivity (Wildman–Crippen MR) is 101 cm³/mol. The molecule has 1 aliphatic heterocycles. The van der Waals surface area contributed by atoms with Crippen LogP contribution in [0.3, 0.4) is 0 Å². The van der Waals surface area contributed by atoms with Crippen LogP contribution < -0.4 is 10.6 Å². The molecule has 25 heavy (non-hydrogen) atoms. The molecule has 3 rings (SSSR count). The summed E-state index contributed by atoms with van der Waals surface area (Å²) in [6.45, 7) is 5.61. The van der Waals surface area contributed by atoms with Gasteiger partial charge in [0.1, 0.15) is 0 Å². The van der Waals surface area contributed by atoms with Crippen LogP contribution in [0.1, 0.15) is 18.4 Å². The molecule has 1 aromatic heterocycles. The average molecular weight is 394 g/mol. The molecule has 0 radical (unpaired) electrons. The Balaban J connectivity index is 0.00000225.